The van der Waals surface area contributed by atoms with Crippen molar-refractivity contribution in [2.75, 3.05) is 46.7 Å². The molecule has 1 aliphatic heterocycles. The summed E-state index contributed by atoms with van der Waals surface area (Å²) in [4.78, 5) is 56.5. The van der Waals surface area contributed by atoms with E-state index in [1.807, 2.05) is 19.0 Å². The summed E-state index contributed by atoms with van der Waals surface area (Å²) in [6, 6.07) is 9.72. The Hall–Kier alpha value is -3.83. The molecular formula is C26H30ClN5O6. The summed E-state index contributed by atoms with van der Waals surface area (Å²) < 4.78 is 12.6. The van der Waals surface area contributed by atoms with Gasteiger partial charge in [0.25, 0.3) is 5.56 Å². The number of likely N-dealkylation sites (tertiary alicyclic amines) is 1. The summed E-state index contributed by atoms with van der Waals surface area (Å²) in [5.74, 6) is -0.191. The van der Waals surface area contributed by atoms with Crippen LogP contribution in [0, 0.1) is 0 Å². The van der Waals surface area contributed by atoms with Crippen LogP contribution in [0.1, 0.15) is 6.42 Å². The molecule has 1 fully saturated rings. The summed E-state index contributed by atoms with van der Waals surface area (Å²) in [5.41, 5.74) is -0.758. The summed E-state index contributed by atoms with van der Waals surface area (Å²) >= 11 is 6.21. The van der Waals surface area contributed by atoms with Gasteiger partial charge < -0.3 is 24.6 Å². The molecule has 12 heteroatoms. The van der Waals surface area contributed by atoms with Gasteiger partial charge in [0.15, 0.2) is 0 Å². The van der Waals surface area contributed by atoms with Gasteiger partial charge in [0, 0.05) is 25.2 Å². The Kier molecular flexibility index (Phi) is 8.08. The van der Waals surface area contributed by atoms with Gasteiger partial charge in [0.05, 0.1) is 35.8 Å². The van der Waals surface area contributed by atoms with Crippen LogP contribution in [0.3, 0.4) is 0 Å². The number of aromatic nitrogens is 2. The number of amides is 2. The van der Waals surface area contributed by atoms with E-state index in [0.29, 0.717) is 24.6 Å². The number of likely N-dealkylation sites (N-methyl/N-ethyl adjacent to an activating group) is 1. The molecule has 2 aromatic carbocycles. The lowest BCUT2D eigenvalue weighted by Crippen LogP contribution is -2.45. The monoisotopic (exact) mass is 543 g/mol. The zero-order valence-corrected chi connectivity index (χ0v) is 22.4. The third kappa shape index (κ3) is 5.39. The van der Waals surface area contributed by atoms with Crippen molar-refractivity contribution >= 4 is 40.0 Å². The van der Waals surface area contributed by atoms with E-state index < -0.39 is 30.2 Å². The molecule has 2 amide bonds. The first-order valence-electron chi connectivity index (χ1n) is 12.0. The summed E-state index contributed by atoms with van der Waals surface area (Å²) in [5, 5.41) is 3.19. The van der Waals surface area contributed by atoms with Gasteiger partial charge in [0.2, 0.25) is 11.8 Å². The SMILES string of the molecule is COc1cc(OC)c(NC(=O)Cn2c(=O)n(CC(=O)N3CC[C@H](N(C)C)C3)c(=O)c3ccccc32)cc1Cl. The average molecular weight is 544 g/mol. The molecule has 0 unspecified atom stereocenters. The smallest absolute Gasteiger partial charge is 0.332 e. The van der Waals surface area contributed by atoms with Crippen molar-refractivity contribution in [1.82, 2.24) is 18.9 Å². The van der Waals surface area contributed by atoms with Crippen molar-refractivity contribution in [2.45, 2.75) is 25.6 Å². The number of benzene rings is 2. The van der Waals surface area contributed by atoms with Crippen LogP contribution >= 0.6 is 11.6 Å². The maximum Gasteiger partial charge on any atom is 0.332 e. The highest BCUT2D eigenvalue weighted by Crippen LogP contribution is 2.35. The largest absolute Gasteiger partial charge is 0.495 e. The van der Waals surface area contributed by atoms with Gasteiger partial charge >= 0.3 is 5.69 Å². The lowest BCUT2D eigenvalue weighted by atomic mass is 10.2. The van der Waals surface area contributed by atoms with Crippen LogP contribution in [-0.4, -0.2) is 78.2 Å². The second kappa shape index (κ2) is 11.3. The molecule has 0 aliphatic carbocycles. The third-order valence-corrected chi connectivity index (χ3v) is 7.02. The maximum absolute atomic E-state index is 13.5. The molecule has 0 spiro atoms. The molecule has 2 heterocycles. The summed E-state index contributed by atoms with van der Waals surface area (Å²) in [6.45, 7) is 0.253. The Labute approximate surface area is 224 Å². The Bertz CT molecular complexity index is 1500. The number of para-hydroxylation sites is 1. The molecule has 11 nitrogen and oxygen atoms in total. The molecule has 38 heavy (non-hydrogen) atoms. The number of ether oxygens (including phenoxy) is 2. The van der Waals surface area contributed by atoms with Gasteiger partial charge in [-0.25, -0.2) is 4.79 Å². The molecule has 0 radical (unpaired) electrons. The molecular weight excluding hydrogens is 514 g/mol. The van der Waals surface area contributed by atoms with E-state index >= 15 is 0 Å². The van der Waals surface area contributed by atoms with Crippen molar-refractivity contribution in [3.8, 4) is 11.5 Å². The van der Waals surface area contributed by atoms with Crippen molar-refractivity contribution in [1.29, 1.82) is 0 Å². The van der Waals surface area contributed by atoms with Crippen LogP contribution in [-0.2, 0) is 22.7 Å². The van der Waals surface area contributed by atoms with Crippen LogP contribution in [0.25, 0.3) is 10.9 Å². The predicted octanol–water partition coefficient (Wildman–Crippen LogP) is 1.64. The van der Waals surface area contributed by atoms with E-state index in [1.54, 1.807) is 29.2 Å². The van der Waals surface area contributed by atoms with Gasteiger partial charge in [0.1, 0.15) is 24.6 Å². The number of nitrogens with zero attached hydrogens (tertiary/aromatic N) is 4. The Balaban J connectivity index is 1.65. The number of nitrogens with one attached hydrogen (secondary N) is 1. The summed E-state index contributed by atoms with van der Waals surface area (Å²) in [7, 11) is 6.79. The van der Waals surface area contributed by atoms with Crippen LogP contribution < -0.4 is 26.0 Å². The van der Waals surface area contributed by atoms with Gasteiger partial charge in [-0.3, -0.25) is 23.5 Å². The topological polar surface area (TPSA) is 115 Å². The quantitative estimate of drug-likeness (QED) is 0.459. The van der Waals surface area contributed by atoms with E-state index in [4.69, 9.17) is 21.1 Å². The standard InChI is InChI=1S/C26H30ClN5O6/c1-29(2)16-9-10-30(13-16)24(34)15-32-25(35)17-7-5-6-8-20(17)31(26(32)36)14-23(33)28-19-11-18(27)21(37-3)12-22(19)38-4/h5-8,11-12,16H,9-10,13-15H2,1-4H3,(H,28,33)/t16-/m0/s1. The van der Waals surface area contributed by atoms with E-state index in [9.17, 15) is 19.2 Å². The number of carbonyl (C=O) groups is 2. The highest BCUT2D eigenvalue weighted by Gasteiger charge is 2.28. The normalized spacial score (nSPS) is 15.2. The fraction of sp³-hybridized carbons (Fsp3) is 0.385. The number of fused-ring (bicyclic) bond motifs is 1. The number of hydrogen-bond acceptors (Lipinski definition) is 7. The number of hydrogen-bond donors (Lipinski definition) is 1. The van der Waals surface area contributed by atoms with Crippen LogP contribution in [0.15, 0.2) is 46.0 Å². The zero-order chi connectivity index (χ0) is 27.6. The molecule has 0 bridgehead atoms. The Morgan fingerprint density at radius 1 is 1.05 bits per heavy atom. The highest BCUT2D eigenvalue weighted by atomic mass is 35.5. The lowest BCUT2D eigenvalue weighted by molar-refractivity contribution is -0.131. The van der Waals surface area contributed by atoms with Crippen LogP contribution in [0.2, 0.25) is 5.02 Å². The molecule has 202 valence electrons. The highest BCUT2D eigenvalue weighted by molar-refractivity contribution is 6.32. The first-order valence-corrected chi connectivity index (χ1v) is 12.4. The number of rotatable bonds is 8. The fourth-order valence-corrected chi connectivity index (χ4v) is 4.82. The van der Waals surface area contributed by atoms with Gasteiger partial charge in [-0.1, -0.05) is 23.7 Å². The fourth-order valence-electron chi connectivity index (χ4n) is 4.58. The van der Waals surface area contributed by atoms with Gasteiger partial charge in [-0.05, 0) is 38.7 Å². The average Bonchev–Trinajstić information content (AvgIpc) is 3.40. The first kappa shape index (κ1) is 27.2. The molecule has 1 aromatic heterocycles. The molecule has 1 N–H and O–H groups in total. The molecule has 1 atom stereocenters. The van der Waals surface area contributed by atoms with Crippen molar-refractivity contribution < 1.29 is 19.1 Å². The number of methoxy groups -OCH3 is 2. The van der Waals surface area contributed by atoms with Crippen molar-refractivity contribution in [3.63, 3.8) is 0 Å². The van der Waals surface area contributed by atoms with Gasteiger partial charge in [-0.2, -0.15) is 0 Å². The predicted molar refractivity (Wildman–Crippen MR) is 144 cm³/mol. The van der Waals surface area contributed by atoms with Crippen LogP contribution in [0.4, 0.5) is 5.69 Å². The van der Waals surface area contributed by atoms with E-state index in [0.717, 1.165) is 11.0 Å². The minimum Gasteiger partial charge on any atom is -0.495 e. The lowest BCUT2D eigenvalue weighted by Gasteiger charge is -2.21. The third-order valence-electron chi connectivity index (χ3n) is 6.72. The van der Waals surface area contributed by atoms with Gasteiger partial charge in [-0.15, -0.1) is 0 Å². The minimum absolute atomic E-state index is 0.219. The first-order chi connectivity index (χ1) is 18.1. The van der Waals surface area contributed by atoms with E-state index in [-0.39, 0.29) is 33.6 Å². The summed E-state index contributed by atoms with van der Waals surface area (Å²) in [6.07, 6.45) is 0.814. The second-order valence-corrected chi connectivity index (χ2v) is 9.67. The minimum atomic E-state index is -0.750. The molecule has 3 aromatic rings. The molecule has 0 saturated carbocycles. The molecule has 1 aliphatic rings. The number of anilines is 1. The number of carbonyl (C=O) groups excluding carboxylic acids is 2. The Morgan fingerprint density at radius 2 is 1.76 bits per heavy atom. The Morgan fingerprint density at radius 3 is 2.42 bits per heavy atom. The van der Waals surface area contributed by atoms with E-state index in [2.05, 4.69) is 5.32 Å². The molecule has 1 saturated heterocycles. The van der Waals surface area contributed by atoms with Crippen molar-refractivity contribution in [3.05, 3.63) is 62.3 Å². The zero-order valence-electron chi connectivity index (χ0n) is 21.7. The number of halogens is 1. The van der Waals surface area contributed by atoms with E-state index in [1.165, 1.54) is 30.9 Å². The molecule has 4 rings (SSSR count). The second-order valence-electron chi connectivity index (χ2n) is 9.26. The van der Waals surface area contributed by atoms with Crippen LogP contribution in [0.5, 0.6) is 11.5 Å². The maximum atomic E-state index is 13.5. The van der Waals surface area contributed by atoms with Crippen molar-refractivity contribution in [2.24, 2.45) is 0 Å².